The Balaban J connectivity index is 1.62. The Morgan fingerprint density at radius 3 is 2.71 bits per heavy atom. The third kappa shape index (κ3) is 3.69. The summed E-state index contributed by atoms with van der Waals surface area (Å²) in [6, 6.07) is 6.84. The molecule has 1 aliphatic heterocycles. The quantitative estimate of drug-likeness (QED) is 0.839. The van der Waals surface area contributed by atoms with Gasteiger partial charge in [-0.25, -0.2) is 0 Å². The van der Waals surface area contributed by atoms with E-state index in [1.54, 1.807) is 0 Å². The van der Waals surface area contributed by atoms with Crippen LogP contribution in [0.1, 0.15) is 44.7 Å². The molecule has 0 radical (unpaired) electrons. The van der Waals surface area contributed by atoms with Crippen LogP contribution < -0.4 is 15.2 Å². The number of fused-ring (bicyclic) bond motifs is 1. The lowest BCUT2D eigenvalue weighted by Crippen LogP contribution is -2.35. The van der Waals surface area contributed by atoms with Gasteiger partial charge in [0.05, 0.1) is 0 Å². The molecule has 116 valence electrons. The highest BCUT2D eigenvalue weighted by molar-refractivity contribution is 5.45. The number of hydrogen-bond acceptors (Lipinski definition) is 4. The number of rotatable bonds is 7. The van der Waals surface area contributed by atoms with E-state index in [4.69, 9.17) is 15.2 Å². The minimum atomic E-state index is 0.0345. The van der Waals surface area contributed by atoms with Crippen molar-refractivity contribution in [2.45, 2.75) is 45.2 Å². The molecule has 1 heterocycles. The molecule has 0 bridgehead atoms. The molecule has 1 unspecified atom stereocenters. The molecular weight excluding hydrogens is 264 g/mol. The lowest BCUT2D eigenvalue weighted by Gasteiger charge is -2.26. The van der Waals surface area contributed by atoms with E-state index in [2.05, 4.69) is 24.8 Å². The Kier molecular flexibility index (Phi) is 4.36. The average Bonchev–Trinajstić information content (AvgIpc) is 3.19. The monoisotopic (exact) mass is 290 g/mol. The van der Waals surface area contributed by atoms with Crippen molar-refractivity contribution in [1.82, 2.24) is 4.90 Å². The summed E-state index contributed by atoms with van der Waals surface area (Å²) in [6.07, 6.45) is 3.89. The van der Waals surface area contributed by atoms with E-state index in [1.807, 2.05) is 12.1 Å². The lowest BCUT2D eigenvalue weighted by molar-refractivity contribution is 0.174. The topological polar surface area (TPSA) is 47.7 Å². The molecule has 2 aliphatic rings. The van der Waals surface area contributed by atoms with E-state index in [-0.39, 0.29) is 6.04 Å². The zero-order valence-corrected chi connectivity index (χ0v) is 13.0. The standard InChI is InChI=1S/C17H26N2O2/c1-12(2)7-8-19(14-4-5-14)10-15(18)13-3-6-16-17(9-13)21-11-20-16/h3,6,9,12,14-15H,4-5,7-8,10-11,18H2,1-2H3. The maximum absolute atomic E-state index is 6.42. The molecule has 1 aromatic rings. The van der Waals surface area contributed by atoms with E-state index >= 15 is 0 Å². The van der Waals surface area contributed by atoms with Crippen molar-refractivity contribution in [3.05, 3.63) is 23.8 Å². The van der Waals surface area contributed by atoms with E-state index in [0.717, 1.165) is 42.1 Å². The molecule has 0 amide bonds. The number of ether oxygens (including phenoxy) is 2. The summed E-state index contributed by atoms with van der Waals surface area (Å²) in [5, 5.41) is 0. The molecule has 4 heteroatoms. The highest BCUT2D eigenvalue weighted by atomic mass is 16.7. The van der Waals surface area contributed by atoms with Crippen molar-refractivity contribution in [3.63, 3.8) is 0 Å². The fourth-order valence-corrected chi connectivity index (χ4v) is 2.79. The van der Waals surface area contributed by atoms with Gasteiger partial charge in [0.25, 0.3) is 0 Å². The molecule has 2 N–H and O–H groups in total. The Hall–Kier alpha value is -1.26. The smallest absolute Gasteiger partial charge is 0.231 e. The van der Waals surface area contributed by atoms with Gasteiger partial charge in [-0.3, -0.25) is 4.90 Å². The summed E-state index contributed by atoms with van der Waals surface area (Å²) < 4.78 is 10.8. The Bertz CT molecular complexity index is 486. The predicted octanol–water partition coefficient (Wildman–Crippen LogP) is 2.93. The minimum Gasteiger partial charge on any atom is -0.454 e. The molecule has 4 nitrogen and oxygen atoms in total. The Morgan fingerprint density at radius 2 is 2.00 bits per heavy atom. The van der Waals surface area contributed by atoms with Crippen LogP contribution in [0.5, 0.6) is 11.5 Å². The molecule has 0 aromatic heterocycles. The molecule has 0 saturated heterocycles. The zero-order chi connectivity index (χ0) is 14.8. The van der Waals surface area contributed by atoms with Crippen LogP contribution in [0, 0.1) is 5.92 Å². The first-order valence-corrected chi connectivity index (χ1v) is 8.02. The van der Waals surface area contributed by atoms with Crippen LogP contribution in [0.2, 0.25) is 0 Å². The summed E-state index contributed by atoms with van der Waals surface area (Å²) >= 11 is 0. The summed E-state index contributed by atoms with van der Waals surface area (Å²) in [6.45, 7) is 6.96. The molecule has 3 rings (SSSR count). The van der Waals surface area contributed by atoms with Gasteiger partial charge in [-0.15, -0.1) is 0 Å². The second kappa shape index (κ2) is 6.24. The summed E-state index contributed by atoms with van der Waals surface area (Å²) in [5.41, 5.74) is 7.56. The minimum absolute atomic E-state index is 0.0345. The van der Waals surface area contributed by atoms with Crippen LogP contribution in [-0.2, 0) is 0 Å². The van der Waals surface area contributed by atoms with Crippen LogP contribution in [0.4, 0.5) is 0 Å². The molecule has 1 aliphatic carbocycles. The SMILES string of the molecule is CC(C)CCN(CC(N)c1ccc2c(c1)OCO2)C1CC1. The summed E-state index contributed by atoms with van der Waals surface area (Å²) in [7, 11) is 0. The fourth-order valence-electron chi connectivity index (χ4n) is 2.79. The first kappa shape index (κ1) is 14.7. The second-order valence-corrected chi connectivity index (χ2v) is 6.63. The van der Waals surface area contributed by atoms with Crippen molar-refractivity contribution in [3.8, 4) is 11.5 Å². The maximum atomic E-state index is 6.42. The predicted molar refractivity (Wildman–Crippen MR) is 83.5 cm³/mol. The van der Waals surface area contributed by atoms with E-state index in [1.165, 1.54) is 19.3 Å². The number of benzene rings is 1. The van der Waals surface area contributed by atoms with Crippen molar-refractivity contribution in [2.24, 2.45) is 11.7 Å². The van der Waals surface area contributed by atoms with Crippen molar-refractivity contribution < 1.29 is 9.47 Å². The highest BCUT2D eigenvalue weighted by Gasteiger charge is 2.30. The van der Waals surface area contributed by atoms with E-state index in [0.29, 0.717) is 6.79 Å². The van der Waals surface area contributed by atoms with Gasteiger partial charge < -0.3 is 15.2 Å². The average molecular weight is 290 g/mol. The van der Waals surface area contributed by atoms with Crippen LogP contribution >= 0.6 is 0 Å². The molecule has 1 aromatic carbocycles. The van der Waals surface area contributed by atoms with Gasteiger partial charge in [0.2, 0.25) is 6.79 Å². The van der Waals surface area contributed by atoms with Crippen LogP contribution in [0.3, 0.4) is 0 Å². The van der Waals surface area contributed by atoms with Crippen molar-refractivity contribution in [2.75, 3.05) is 19.9 Å². The molecular formula is C17H26N2O2. The van der Waals surface area contributed by atoms with Gasteiger partial charge in [-0.1, -0.05) is 19.9 Å². The normalized spacial score (nSPS) is 18.5. The van der Waals surface area contributed by atoms with Gasteiger partial charge >= 0.3 is 0 Å². The molecule has 1 atom stereocenters. The van der Waals surface area contributed by atoms with Crippen molar-refractivity contribution >= 4 is 0 Å². The largest absolute Gasteiger partial charge is 0.454 e. The molecule has 1 saturated carbocycles. The molecule has 0 spiro atoms. The Labute approximate surface area is 127 Å². The third-order valence-corrected chi connectivity index (χ3v) is 4.31. The molecule has 21 heavy (non-hydrogen) atoms. The van der Waals surface area contributed by atoms with Crippen LogP contribution in [-0.4, -0.2) is 30.8 Å². The highest BCUT2D eigenvalue weighted by Crippen LogP contribution is 2.35. The number of nitrogens with zero attached hydrogens (tertiary/aromatic N) is 1. The van der Waals surface area contributed by atoms with Gasteiger partial charge in [0, 0.05) is 18.6 Å². The maximum Gasteiger partial charge on any atom is 0.231 e. The molecule has 1 fully saturated rings. The third-order valence-electron chi connectivity index (χ3n) is 4.31. The van der Waals surface area contributed by atoms with E-state index in [9.17, 15) is 0 Å². The first-order valence-electron chi connectivity index (χ1n) is 8.02. The fraction of sp³-hybridized carbons (Fsp3) is 0.647. The first-order chi connectivity index (χ1) is 10.1. The van der Waals surface area contributed by atoms with Crippen molar-refractivity contribution in [1.29, 1.82) is 0 Å². The van der Waals surface area contributed by atoms with Gasteiger partial charge in [-0.2, -0.15) is 0 Å². The van der Waals surface area contributed by atoms with Gasteiger partial charge in [0.1, 0.15) is 0 Å². The number of nitrogens with two attached hydrogens (primary N) is 1. The number of hydrogen-bond donors (Lipinski definition) is 1. The summed E-state index contributed by atoms with van der Waals surface area (Å²) in [4.78, 5) is 2.56. The van der Waals surface area contributed by atoms with Crippen LogP contribution in [0.25, 0.3) is 0 Å². The van der Waals surface area contributed by atoms with Gasteiger partial charge in [0.15, 0.2) is 11.5 Å². The van der Waals surface area contributed by atoms with E-state index < -0.39 is 0 Å². The summed E-state index contributed by atoms with van der Waals surface area (Å²) in [5.74, 6) is 2.39. The lowest BCUT2D eigenvalue weighted by atomic mass is 10.1. The van der Waals surface area contributed by atoms with Gasteiger partial charge in [-0.05, 0) is 49.4 Å². The zero-order valence-electron chi connectivity index (χ0n) is 13.0. The van der Waals surface area contributed by atoms with Crippen LogP contribution in [0.15, 0.2) is 18.2 Å². The second-order valence-electron chi connectivity index (χ2n) is 6.63. The Morgan fingerprint density at radius 1 is 1.24 bits per heavy atom.